The summed E-state index contributed by atoms with van der Waals surface area (Å²) in [4.78, 5) is 36.0. The van der Waals surface area contributed by atoms with E-state index in [2.05, 4.69) is 4.99 Å². The van der Waals surface area contributed by atoms with Crippen molar-refractivity contribution in [2.75, 3.05) is 0 Å². The number of isocyanates is 1. The Morgan fingerprint density at radius 2 is 1.83 bits per heavy atom. The molecule has 29 heavy (non-hydrogen) atoms. The molecule has 2 aromatic carbocycles. The Labute approximate surface area is 168 Å². The van der Waals surface area contributed by atoms with Gasteiger partial charge in [0.15, 0.2) is 0 Å². The van der Waals surface area contributed by atoms with E-state index in [9.17, 15) is 19.7 Å². The number of hydrogen-bond acceptors (Lipinski definition) is 7. The van der Waals surface area contributed by atoms with Gasteiger partial charge in [0.05, 0.1) is 22.8 Å². The number of hydrogen-bond donors (Lipinski definition) is 1. The zero-order valence-electron chi connectivity index (χ0n) is 15.9. The third-order valence-corrected chi connectivity index (χ3v) is 4.37. The van der Waals surface area contributed by atoms with Gasteiger partial charge < -0.3 is 9.84 Å². The van der Waals surface area contributed by atoms with Crippen LogP contribution in [0.1, 0.15) is 42.4 Å². The second-order valence-electron chi connectivity index (χ2n) is 6.47. The minimum absolute atomic E-state index is 0.0407. The first kappa shape index (κ1) is 21.9. The first-order valence-corrected chi connectivity index (χ1v) is 9.23. The molecule has 0 heterocycles. The van der Waals surface area contributed by atoms with E-state index >= 15 is 0 Å². The molecule has 0 bridgehead atoms. The summed E-state index contributed by atoms with van der Waals surface area (Å²) in [6.07, 6.45) is 5.11. The first-order valence-electron chi connectivity index (χ1n) is 9.23. The SMILES string of the molecule is O=C=Nc1ccc(CCCCCC(=O)OCc2ccc(CO)c([N+](=O)[O-])c2)cc1. The number of esters is 1. The third kappa shape index (κ3) is 7.29. The summed E-state index contributed by atoms with van der Waals surface area (Å²) in [6, 6.07) is 11.7. The quantitative estimate of drug-likeness (QED) is 0.153. The van der Waals surface area contributed by atoms with E-state index in [-0.39, 0.29) is 30.2 Å². The van der Waals surface area contributed by atoms with Gasteiger partial charge in [-0.25, -0.2) is 4.79 Å². The second kappa shape index (κ2) is 11.5. The summed E-state index contributed by atoms with van der Waals surface area (Å²) in [5.74, 6) is -0.352. The lowest BCUT2D eigenvalue weighted by Gasteiger charge is -2.07. The van der Waals surface area contributed by atoms with Gasteiger partial charge in [0.2, 0.25) is 6.08 Å². The van der Waals surface area contributed by atoms with Crippen molar-refractivity contribution in [2.24, 2.45) is 4.99 Å². The van der Waals surface area contributed by atoms with Crippen molar-refractivity contribution in [3.63, 3.8) is 0 Å². The molecule has 0 atom stereocenters. The molecule has 0 aliphatic carbocycles. The lowest BCUT2D eigenvalue weighted by atomic mass is 10.1. The average molecular weight is 398 g/mol. The van der Waals surface area contributed by atoms with Gasteiger partial charge in [0.25, 0.3) is 5.69 Å². The Kier molecular flexibility index (Phi) is 8.69. The number of rotatable bonds is 11. The summed E-state index contributed by atoms with van der Waals surface area (Å²) in [5.41, 5.74) is 2.24. The molecule has 152 valence electrons. The van der Waals surface area contributed by atoms with Gasteiger partial charge in [0.1, 0.15) is 6.61 Å². The topological polar surface area (TPSA) is 119 Å². The van der Waals surface area contributed by atoms with Crippen molar-refractivity contribution < 1.29 is 24.4 Å². The number of unbranched alkanes of at least 4 members (excludes halogenated alkanes) is 2. The standard InChI is InChI=1S/C21H22N2O6/c24-13-18-9-6-17(12-20(18)23(27)28)14-29-21(26)5-3-1-2-4-16-7-10-19(11-8-16)22-15-25/h6-12,24H,1-5,13-14H2. The maximum atomic E-state index is 11.9. The monoisotopic (exact) mass is 398 g/mol. The lowest BCUT2D eigenvalue weighted by molar-refractivity contribution is -0.385. The third-order valence-electron chi connectivity index (χ3n) is 4.37. The minimum Gasteiger partial charge on any atom is -0.461 e. The van der Waals surface area contributed by atoms with Gasteiger partial charge in [-0.15, -0.1) is 0 Å². The van der Waals surface area contributed by atoms with Crippen molar-refractivity contribution in [1.82, 2.24) is 0 Å². The molecule has 0 aliphatic heterocycles. The molecule has 2 aromatic rings. The number of aliphatic hydroxyl groups is 1. The highest BCUT2D eigenvalue weighted by atomic mass is 16.6. The van der Waals surface area contributed by atoms with E-state index < -0.39 is 11.5 Å². The zero-order chi connectivity index (χ0) is 21.1. The zero-order valence-corrected chi connectivity index (χ0v) is 15.9. The van der Waals surface area contributed by atoms with Gasteiger partial charge >= 0.3 is 5.97 Å². The highest BCUT2D eigenvalue weighted by Gasteiger charge is 2.14. The molecule has 2 rings (SSSR count). The fourth-order valence-electron chi connectivity index (χ4n) is 2.80. The number of nitro benzene ring substituents is 1. The molecular formula is C21H22N2O6. The summed E-state index contributed by atoms with van der Waals surface area (Å²) in [6.45, 7) is -0.464. The second-order valence-corrected chi connectivity index (χ2v) is 6.47. The van der Waals surface area contributed by atoms with Crippen LogP contribution < -0.4 is 0 Å². The number of ether oxygens (including phenoxy) is 1. The van der Waals surface area contributed by atoms with Crippen LogP contribution in [-0.2, 0) is 34.0 Å². The van der Waals surface area contributed by atoms with Crippen LogP contribution >= 0.6 is 0 Å². The molecule has 0 fully saturated rings. The van der Waals surface area contributed by atoms with Crippen LogP contribution in [0.3, 0.4) is 0 Å². The maximum Gasteiger partial charge on any atom is 0.306 e. The number of nitro groups is 1. The average Bonchev–Trinajstić information content (AvgIpc) is 2.73. The van der Waals surface area contributed by atoms with Crippen LogP contribution in [0.15, 0.2) is 47.5 Å². The highest BCUT2D eigenvalue weighted by molar-refractivity contribution is 5.69. The fourth-order valence-corrected chi connectivity index (χ4v) is 2.80. The van der Waals surface area contributed by atoms with Gasteiger partial charge in [-0.3, -0.25) is 14.9 Å². The number of benzene rings is 2. The molecular weight excluding hydrogens is 376 g/mol. The Balaban J connectivity index is 1.68. The van der Waals surface area contributed by atoms with E-state index in [1.807, 2.05) is 12.1 Å². The van der Waals surface area contributed by atoms with Crippen molar-refractivity contribution in [1.29, 1.82) is 0 Å². The number of nitrogens with zero attached hydrogens (tertiary/aromatic N) is 2. The molecule has 1 N–H and O–H groups in total. The van der Waals surface area contributed by atoms with E-state index in [0.29, 0.717) is 17.7 Å². The summed E-state index contributed by atoms with van der Waals surface area (Å²) < 4.78 is 5.17. The largest absolute Gasteiger partial charge is 0.461 e. The molecule has 0 amide bonds. The summed E-state index contributed by atoms with van der Waals surface area (Å²) in [5, 5.41) is 20.1. The molecule has 8 heteroatoms. The summed E-state index contributed by atoms with van der Waals surface area (Å²) in [7, 11) is 0. The van der Waals surface area contributed by atoms with Crippen LogP contribution in [-0.4, -0.2) is 22.1 Å². The maximum absolute atomic E-state index is 11.9. The molecule has 8 nitrogen and oxygen atoms in total. The van der Waals surface area contributed by atoms with Gasteiger partial charge in [-0.05, 0) is 48.6 Å². The Morgan fingerprint density at radius 1 is 1.10 bits per heavy atom. The van der Waals surface area contributed by atoms with Crippen LogP contribution in [0.4, 0.5) is 11.4 Å². The smallest absolute Gasteiger partial charge is 0.306 e. The van der Waals surface area contributed by atoms with Crippen molar-refractivity contribution in [2.45, 2.75) is 45.3 Å². The molecule has 0 saturated heterocycles. The molecule has 0 spiro atoms. The van der Waals surface area contributed by atoms with Gasteiger partial charge in [-0.1, -0.05) is 24.6 Å². The van der Waals surface area contributed by atoms with Crippen molar-refractivity contribution in [3.8, 4) is 0 Å². The van der Waals surface area contributed by atoms with E-state index in [1.54, 1.807) is 18.2 Å². The number of aryl methyl sites for hydroxylation is 1. The van der Waals surface area contributed by atoms with E-state index in [0.717, 1.165) is 24.8 Å². The Morgan fingerprint density at radius 3 is 2.48 bits per heavy atom. The van der Waals surface area contributed by atoms with E-state index in [1.165, 1.54) is 18.2 Å². The van der Waals surface area contributed by atoms with Crippen LogP contribution in [0, 0.1) is 10.1 Å². The first-order chi connectivity index (χ1) is 14.0. The number of carbonyl (C=O) groups excluding carboxylic acids is 2. The van der Waals surface area contributed by atoms with Crippen molar-refractivity contribution >= 4 is 23.4 Å². The van der Waals surface area contributed by atoms with Crippen LogP contribution in [0.2, 0.25) is 0 Å². The number of carbonyl (C=O) groups is 1. The van der Waals surface area contributed by atoms with Gasteiger partial charge in [0, 0.05) is 12.5 Å². The normalized spacial score (nSPS) is 10.2. The highest BCUT2D eigenvalue weighted by Crippen LogP contribution is 2.21. The number of aliphatic hydroxyl groups excluding tert-OH is 1. The Hall–Kier alpha value is -3.35. The lowest BCUT2D eigenvalue weighted by Crippen LogP contribution is -2.05. The molecule has 0 aromatic heterocycles. The molecule has 0 unspecified atom stereocenters. The van der Waals surface area contributed by atoms with Crippen molar-refractivity contribution in [3.05, 3.63) is 69.3 Å². The number of aliphatic imine (C=N–C) groups is 1. The molecule has 0 saturated carbocycles. The Bertz CT molecular complexity index is 889. The fraction of sp³-hybridized carbons (Fsp3) is 0.333. The van der Waals surface area contributed by atoms with E-state index in [4.69, 9.17) is 9.84 Å². The molecule has 0 aliphatic rings. The van der Waals surface area contributed by atoms with Crippen LogP contribution in [0.25, 0.3) is 0 Å². The van der Waals surface area contributed by atoms with Crippen LogP contribution in [0.5, 0.6) is 0 Å². The predicted molar refractivity (Wildman–Crippen MR) is 105 cm³/mol. The minimum atomic E-state index is -0.570. The van der Waals surface area contributed by atoms with Gasteiger partial charge in [-0.2, -0.15) is 4.99 Å². The molecule has 0 radical (unpaired) electrons. The predicted octanol–water partition coefficient (Wildman–Crippen LogP) is 3.90. The summed E-state index contributed by atoms with van der Waals surface area (Å²) >= 11 is 0.